The van der Waals surface area contributed by atoms with Crippen molar-refractivity contribution in [3.8, 4) is 11.5 Å². The number of anilines is 1. The van der Waals surface area contributed by atoms with E-state index in [4.69, 9.17) is 9.47 Å². The molecule has 0 heterocycles. The van der Waals surface area contributed by atoms with Crippen LogP contribution >= 0.6 is 0 Å². The fourth-order valence-corrected chi connectivity index (χ4v) is 2.75. The van der Waals surface area contributed by atoms with E-state index in [1.54, 1.807) is 38.5 Å². The van der Waals surface area contributed by atoms with Gasteiger partial charge in [0, 0.05) is 17.7 Å². The highest BCUT2D eigenvalue weighted by molar-refractivity contribution is 5.95. The predicted molar refractivity (Wildman–Crippen MR) is 105 cm³/mol. The van der Waals surface area contributed by atoms with E-state index in [9.17, 15) is 9.59 Å². The highest BCUT2D eigenvalue weighted by atomic mass is 16.5. The molecule has 0 aromatic heterocycles. The monoisotopic (exact) mass is 371 g/mol. The molecular weight excluding hydrogens is 344 g/mol. The van der Waals surface area contributed by atoms with Crippen molar-refractivity contribution >= 4 is 17.4 Å². The molecule has 2 aromatic rings. The summed E-state index contributed by atoms with van der Waals surface area (Å²) >= 11 is 0. The first-order valence-corrected chi connectivity index (χ1v) is 8.86. The van der Waals surface area contributed by atoms with Crippen LogP contribution in [0.5, 0.6) is 11.5 Å². The second-order valence-corrected chi connectivity index (χ2v) is 6.50. The maximum absolute atomic E-state index is 12.2. The minimum atomic E-state index is -0.0598. The number of quaternary nitrogens is 1. The van der Waals surface area contributed by atoms with E-state index in [2.05, 4.69) is 5.32 Å². The van der Waals surface area contributed by atoms with Gasteiger partial charge >= 0.3 is 0 Å². The Morgan fingerprint density at radius 3 is 2.26 bits per heavy atom. The fraction of sp³-hybridized carbons (Fsp3) is 0.333. The van der Waals surface area contributed by atoms with E-state index in [0.29, 0.717) is 29.3 Å². The van der Waals surface area contributed by atoms with Crippen LogP contribution in [-0.2, 0) is 11.2 Å². The number of nitrogens with one attached hydrogen (secondary N) is 2. The molecule has 2 N–H and O–H groups in total. The number of hydrogen-bond acceptors (Lipinski definition) is 4. The van der Waals surface area contributed by atoms with Gasteiger partial charge in [-0.2, -0.15) is 0 Å². The summed E-state index contributed by atoms with van der Waals surface area (Å²) in [6.07, 6.45) is 0.826. The van der Waals surface area contributed by atoms with E-state index < -0.39 is 0 Å². The number of carbonyl (C=O) groups is 2. The molecule has 0 spiro atoms. The second-order valence-electron chi connectivity index (χ2n) is 6.50. The van der Waals surface area contributed by atoms with Crippen LogP contribution < -0.4 is 19.7 Å². The standard InChI is InChI=1S/C21H26N2O4/c1-15(24)17-6-8-18(9-7-17)22-21(25)14-23(2)12-11-16-5-10-19(26-3)20(13-16)27-4/h5-10,13H,11-12,14H2,1-4H3,(H,22,25)/p+1. The molecule has 0 aliphatic rings. The third-order valence-corrected chi connectivity index (χ3v) is 4.33. The molecule has 1 amide bonds. The Kier molecular flexibility index (Phi) is 7.37. The maximum atomic E-state index is 12.2. The Balaban J connectivity index is 1.83. The van der Waals surface area contributed by atoms with Gasteiger partial charge < -0.3 is 19.7 Å². The molecule has 2 rings (SSSR count). The average molecular weight is 371 g/mol. The van der Waals surface area contributed by atoms with E-state index in [0.717, 1.165) is 23.4 Å². The molecular formula is C21H27N2O4+. The molecule has 1 atom stereocenters. The number of carbonyl (C=O) groups excluding carboxylic acids is 2. The Hall–Kier alpha value is -2.86. The summed E-state index contributed by atoms with van der Waals surface area (Å²) in [4.78, 5) is 24.6. The molecule has 0 bridgehead atoms. The van der Waals surface area contributed by atoms with Crippen molar-refractivity contribution in [2.24, 2.45) is 0 Å². The first-order valence-electron chi connectivity index (χ1n) is 8.86. The van der Waals surface area contributed by atoms with Crippen molar-refractivity contribution in [1.82, 2.24) is 0 Å². The largest absolute Gasteiger partial charge is 0.493 e. The van der Waals surface area contributed by atoms with E-state index >= 15 is 0 Å². The second kappa shape index (κ2) is 9.73. The zero-order valence-corrected chi connectivity index (χ0v) is 16.3. The summed E-state index contributed by atoms with van der Waals surface area (Å²) in [5, 5.41) is 2.86. The number of likely N-dealkylation sites (N-methyl/N-ethyl adjacent to an activating group) is 1. The molecule has 2 aromatic carbocycles. The summed E-state index contributed by atoms with van der Waals surface area (Å²) in [5.41, 5.74) is 2.45. The topological polar surface area (TPSA) is 69.1 Å². The van der Waals surface area contributed by atoms with Crippen molar-refractivity contribution in [1.29, 1.82) is 0 Å². The molecule has 0 fully saturated rings. The minimum absolute atomic E-state index is 0.00668. The smallest absolute Gasteiger partial charge is 0.279 e. The number of rotatable bonds is 9. The van der Waals surface area contributed by atoms with Gasteiger partial charge in [-0.05, 0) is 48.9 Å². The SMILES string of the molecule is COc1ccc(CC[NH+](C)CC(=O)Nc2ccc(C(C)=O)cc2)cc1OC. The Morgan fingerprint density at radius 2 is 1.67 bits per heavy atom. The first kappa shape index (κ1) is 20.5. The van der Waals surface area contributed by atoms with Gasteiger partial charge in [-0.15, -0.1) is 0 Å². The van der Waals surface area contributed by atoms with Gasteiger partial charge in [-0.1, -0.05) is 6.07 Å². The third-order valence-electron chi connectivity index (χ3n) is 4.33. The van der Waals surface area contributed by atoms with Crippen LogP contribution in [0, 0.1) is 0 Å². The Labute approximate surface area is 160 Å². The van der Waals surface area contributed by atoms with E-state index in [-0.39, 0.29) is 11.7 Å². The molecule has 0 aliphatic carbocycles. The van der Waals surface area contributed by atoms with Gasteiger partial charge in [-0.25, -0.2) is 0 Å². The Morgan fingerprint density at radius 1 is 1.00 bits per heavy atom. The molecule has 6 heteroatoms. The molecule has 1 unspecified atom stereocenters. The van der Waals surface area contributed by atoms with Crippen LogP contribution in [-0.4, -0.2) is 46.0 Å². The van der Waals surface area contributed by atoms with Crippen LogP contribution in [0.2, 0.25) is 0 Å². The lowest BCUT2D eigenvalue weighted by Gasteiger charge is -2.15. The first-order chi connectivity index (χ1) is 12.9. The molecule has 144 valence electrons. The lowest BCUT2D eigenvalue weighted by atomic mass is 10.1. The van der Waals surface area contributed by atoms with Gasteiger partial charge in [0.15, 0.2) is 23.8 Å². The summed E-state index contributed by atoms with van der Waals surface area (Å²) in [5.74, 6) is 1.36. The quantitative estimate of drug-likeness (QED) is 0.657. The van der Waals surface area contributed by atoms with Crippen molar-refractivity contribution in [2.75, 3.05) is 39.7 Å². The lowest BCUT2D eigenvalue weighted by Crippen LogP contribution is -3.10. The number of hydrogen-bond donors (Lipinski definition) is 2. The van der Waals surface area contributed by atoms with Gasteiger partial charge in [0.2, 0.25) is 0 Å². The number of Topliss-reactive ketones (excluding diaryl/α,β-unsaturated/α-hetero) is 1. The number of benzene rings is 2. The van der Waals surface area contributed by atoms with Crippen molar-refractivity contribution in [3.63, 3.8) is 0 Å². The third kappa shape index (κ3) is 6.11. The van der Waals surface area contributed by atoms with Crippen LogP contribution in [0.15, 0.2) is 42.5 Å². The molecule has 6 nitrogen and oxygen atoms in total. The molecule has 0 saturated carbocycles. The number of ketones is 1. The zero-order chi connectivity index (χ0) is 19.8. The van der Waals surface area contributed by atoms with Crippen LogP contribution in [0.25, 0.3) is 0 Å². The predicted octanol–water partition coefficient (Wildman–Crippen LogP) is 1.60. The fourth-order valence-electron chi connectivity index (χ4n) is 2.75. The highest BCUT2D eigenvalue weighted by Crippen LogP contribution is 2.27. The molecule has 0 aliphatic heterocycles. The normalized spacial score (nSPS) is 11.6. The molecule has 27 heavy (non-hydrogen) atoms. The van der Waals surface area contributed by atoms with Gasteiger partial charge in [-0.3, -0.25) is 9.59 Å². The van der Waals surface area contributed by atoms with Gasteiger partial charge in [0.25, 0.3) is 5.91 Å². The van der Waals surface area contributed by atoms with Crippen molar-refractivity contribution < 1.29 is 24.0 Å². The Bertz CT molecular complexity index is 787. The summed E-state index contributed by atoms with van der Waals surface area (Å²) in [7, 11) is 5.22. The number of ether oxygens (including phenoxy) is 2. The molecule has 0 saturated heterocycles. The lowest BCUT2D eigenvalue weighted by molar-refractivity contribution is -0.870. The number of amides is 1. The highest BCUT2D eigenvalue weighted by Gasteiger charge is 2.12. The summed E-state index contributed by atoms with van der Waals surface area (Å²) in [6, 6.07) is 12.8. The van der Waals surface area contributed by atoms with Crippen LogP contribution in [0.3, 0.4) is 0 Å². The number of methoxy groups -OCH3 is 2. The van der Waals surface area contributed by atoms with E-state index in [1.807, 2.05) is 25.2 Å². The van der Waals surface area contributed by atoms with Crippen LogP contribution in [0.4, 0.5) is 5.69 Å². The van der Waals surface area contributed by atoms with Crippen LogP contribution in [0.1, 0.15) is 22.8 Å². The zero-order valence-electron chi connectivity index (χ0n) is 16.3. The summed E-state index contributed by atoms with van der Waals surface area (Å²) < 4.78 is 10.6. The van der Waals surface area contributed by atoms with Crippen molar-refractivity contribution in [3.05, 3.63) is 53.6 Å². The molecule has 0 radical (unpaired) electrons. The van der Waals surface area contributed by atoms with Gasteiger partial charge in [0.05, 0.1) is 27.8 Å². The maximum Gasteiger partial charge on any atom is 0.279 e. The minimum Gasteiger partial charge on any atom is -0.493 e. The van der Waals surface area contributed by atoms with Gasteiger partial charge in [0.1, 0.15) is 0 Å². The summed E-state index contributed by atoms with van der Waals surface area (Å²) in [6.45, 7) is 2.69. The van der Waals surface area contributed by atoms with E-state index in [1.165, 1.54) is 6.92 Å². The van der Waals surface area contributed by atoms with Crippen molar-refractivity contribution in [2.45, 2.75) is 13.3 Å². The average Bonchev–Trinajstić information content (AvgIpc) is 2.66.